The van der Waals surface area contributed by atoms with Gasteiger partial charge in [-0.25, -0.2) is 4.99 Å². The number of aliphatic carboxylic acids is 2. The highest BCUT2D eigenvalue weighted by Crippen LogP contribution is 2.39. The molecule has 6 atom stereocenters. The van der Waals surface area contributed by atoms with Crippen LogP contribution in [-0.4, -0.2) is 63.4 Å². The minimum atomic E-state index is -1.11. The second-order valence-corrected chi connectivity index (χ2v) is 8.75. The highest BCUT2D eigenvalue weighted by Gasteiger charge is 2.50. The van der Waals surface area contributed by atoms with Crippen molar-refractivity contribution in [1.29, 1.82) is 0 Å². The topological polar surface area (TPSA) is 214 Å². The van der Waals surface area contributed by atoms with Gasteiger partial charge in [0.15, 0.2) is 5.96 Å². The van der Waals surface area contributed by atoms with Gasteiger partial charge in [0.2, 0.25) is 5.91 Å². The number of nitrogens with zero attached hydrogens (tertiary/aromatic N) is 1. The molecule has 10 N–H and O–H groups in total. The van der Waals surface area contributed by atoms with Crippen LogP contribution in [0.3, 0.4) is 0 Å². The molecule has 0 aromatic heterocycles. The average Bonchev–Trinajstić information content (AvgIpc) is 2.96. The summed E-state index contributed by atoms with van der Waals surface area (Å²) in [6, 6.07) is -1.60. The first kappa shape index (κ1) is 29.6. The number of hydrogen-bond acceptors (Lipinski definition) is 6. The molecular formula is C21H41N5O6. The molecule has 1 rings (SSSR count). The zero-order valence-electron chi connectivity index (χ0n) is 19.7. The maximum atomic E-state index is 11.6. The van der Waals surface area contributed by atoms with Crippen molar-refractivity contribution in [3.05, 3.63) is 0 Å². The van der Waals surface area contributed by atoms with Gasteiger partial charge < -0.3 is 37.8 Å². The van der Waals surface area contributed by atoms with Crippen molar-refractivity contribution in [3.63, 3.8) is 0 Å². The van der Waals surface area contributed by atoms with Gasteiger partial charge in [-0.05, 0) is 24.7 Å². The van der Waals surface area contributed by atoms with Crippen molar-refractivity contribution < 1.29 is 29.7 Å². The number of nitrogens with two attached hydrogens (primary N) is 3. The standard InChI is InChI=1S/C15H28N4O4.C6H13NO2/c1-4-8(5-2)12(18-7(3)20)11-10(19-15(16)17)6-9(13(11)21)14(22)23;1-4(2)3-5(7)6(8)9/h8-13,21H,4-6H2,1-3H3,(H,18,20)(H,22,23)(H4,16,17,19);4-5H,3,7H2,1-2H3,(H,8,9)/t9-,10+,11+,12-,13+;/m0./s1. The number of carbonyl (C=O) groups excluding carboxylic acids is 1. The Balaban J connectivity index is 0.000000900. The van der Waals surface area contributed by atoms with Crippen LogP contribution in [0.4, 0.5) is 0 Å². The molecule has 0 heterocycles. The average molecular weight is 460 g/mol. The van der Waals surface area contributed by atoms with E-state index in [1.165, 1.54) is 6.92 Å². The molecule has 1 saturated carbocycles. The molecule has 0 bridgehead atoms. The van der Waals surface area contributed by atoms with Crippen LogP contribution in [0.15, 0.2) is 4.99 Å². The van der Waals surface area contributed by atoms with Crippen molar-refractivity contribution >= 4 is 23.8 Å². The Hall–Kier alpha value is -2.40. The van der Waals surface area contributed by atoms with Crippen LogP contribution in [-0.2, 0) is 14.4 Å². The number of carboxylic acid groups (broad SMARTS) is 2. The van der Waals surface area contributed by atoms with Crippen molar-refractivity contribution in [2.45, 2.75) is 84.5 Å². The van der Waals surface area contributed by atoms with E-state index >= 15 is 0 Å². The van der Waals surface area contributed by atoms with E-state index in [1.807, 2.05) is 27.7 Å². The second-order valence-electron chi connectivity index (χ2n) is 8.75. The lowest BCUT2D eigenvalue weighted by Gasteiger charge is -2.35. The molecule has 0 aliphatic heterocycles. The van der Waals surface area contributed by atoms with Crippen LogP contribution in [0.2, 0.25) is 0 Å². The summed E-state index contributed by atoms with van der Waals surface area (Å²) in [7, 11) is 0. The van der Waals surface area contributed by atoms with Crippen molar-refractivity contribution in [2.24, 2.45) is 45.9 Å². The lowest BCUT2D eigenvalue weighted by atomic mass is 9.80. The monoisotopic (exact) mass is 459 g/mol. The summed E-state index contributed by atoms with van der Waals surface area (Å²) in [5.41, 5.74) is 16.1. The molecule has 0 saturated heterocycles. The van der Waals surface area contributed by atoms with Gasteiger partial charge >= 0.3 is 11.9 Å². The summed E-state index contributed by atoms with van der Waals surface area (Å²) in [5.74, 6) is -3.39. The number of hydrogen-bond donors (Lipinski definition) is 7. The van der Waals surface area contributed by atoms with Crippen molar-refractivity contribution in [2.75, 3.05) is 0 Å². The maximum Gasteiger partial charge on any atom is 0.320 e. The predicted octanol–water partition coefficient (Wildman–Crippen LogP) is 0.0953. The van der Waals surface area contributed by atoms with Gasteiger partial charge in [0.05, 0.1) is 18.1 Å². The molecule has 0 spiro atoms. The fourth-order valence-electron chi connectivity index (χ4n) is 4.25. The van der Waals surface area contributed by atoms with E-state index in [9.17, 15) is 24.6 Å². The van der Waals surface area contributed by atoms with Gasteiger partial charge in [0, 0.05) is 18.9 Å². The molecule has 1 unspecified atom stereocenters. The van der Waals surface area contributed by atoms with Crippen molar-refractivity contribution in [1.82, 2.24) is 5.32 Å². The van der Waals surface area contributed by atoms with Crippen molar-refractivity contribution in [3.8, 4) is 0 Å². The van der Waals surface area contributed by atoms with Gasteiger partial charge in [-0.3, -0.25) is 14.4 Å². The minimum absolute atomic E-state index is 0.0998. The number of nitrogens with one attached hydrogen (secondary N) is 1. The minimum Gasteiger partial charge on any atom is -0.481 e. The van der Waals surface area contributed by atoms with Gasteiger partial charge in [-0.1, -0.05) is 40.5 Å². The van der Waals surface area contributed by atoms with Gasteiger partial charge in [-0.15, -0.1) is 0 Å². The van der Waals surface area contributed by atoms with E-state index < -0.39 is 42.0 Å². The SMILES string of the molecule is CC(C)CC(N)C(=O)O.CCC(CC)[C@H](NC(C)=O)[C@@H]1[C@H](O)[C@@H](C(=O)O)C[C@H]1N=C(N)N. The Morgan fingerprint density at radius 3 is 1.97 bits per heavy atom. The Labute approximate surface area is 189 Å². The summed E-state index contributed by atoms with van der Waals surface area (Å²) in [6.07, 6.45) is 1.16. The molecular weight excluding hydrogens is 418 g/mol. The van der Waals surface area contributed by atoms with E-state index in [0.717, 1.165) is 12.8 Å². The lowest BCUT2D eigenvalue weighted by Crippen LogP contribution is -2.51. The third kappa shape index (κ3) is 9.39. The smallest absolute Gasteiger partial charge is 0.320 e. The third-order valence-electron chi connectivity index (χ3n) is 5.76. The first-order chi connectivity index (χ1) is 14.8. The summed E-state index contributed by atoms with van der Waals surface area (Å²) >= 11 is 0. The number of aliphatic hydroxyl groups excluding tert-OH is 1. The Bertz CT molecular complexity index is 649. The molecule has 11 nitrogen and oxygen atoms in total. The van der Waals surface area contributed by atoms with E-state index in [4.69, 9.17) is 22.3 Å². The summed E-state index contributed by atoms with van der Waals surface area (Å²) in [4.78, 5) is 37.2. The van der Waals surface area contributed by atoms with Crippen LogP contribution < -0.4 is 22.5 Å². The number of aliphatic hydroxyl groups is 1. The van der Waals surface area contributed by atoms with Crippen LogP contribution in [0, 0.1) is 23.7 Å². The highest BCUT2D eigenvalue weighted by atomic mass is 16.4. The summed E-state index contributed by atoms with van der Waals surface area (Å²) in [6.45, 7) is 9.29. The second kappa shape index (κ2) is 13.9. The van der Waals surface area contributed by atoms with E-state index in [1.54, 1.807) is 0 Å². The first-order valence-corrected chi connectivity index (χ1v) is 11.0. The molecule has 11 heteroatoms. The molecule has 1 aliphatic rings. The number of amides is 1. The maximum absolute atomic E-state index is 11.6. The predicted molar refractivity (Wildman–Crippen MR) is 122 cm³/mol. The fourth-order valence-corrected chi connectivity index (χ4v) is 4.25. The fraction of sp³-hybridized carbons (Fsp3) is 0.810. The van der Waals surface area contributed by atoms with Gasteiger partial charge in [0.25, 0.3) is 0 Å². The van der Waals surface area contributed by atoms with Crippen LogP contribution in [0.25, 0.3) is 0 Å². The molecule has 1 amide bonds. The summed E-state index contributed by atoms with van der Waals surface area (Å²) in [5, 5.41) is 31.0. The quantitative estimate of drug-likeness (QED) is 0.174. The molecule has 1 aliphatic carbocycles. The van der Waals surface area contributed by atoms with E-state index in [0.29, 0.717) is 12.3 Å². The van der Waals surface area contributed by atoms with Gasteiger partial charge in [-0.2, -0.15) is 0 Å². The third-order valence-corrected chi connectivity index (χ3v) is 5.76. The first-order valence-electron chi connectivity index (χ1n) is 11.0. The molecule has 186 valence electrons. The highest BCUT2D eigenvalue weighted by molar-refractivity contribution is 5.77. The van der Waals surface area contributed by atoms with Crippen LogP contribution >= 0.6 is 0 Å². The zero-order chi connectivity index (χ0) is 25.2. The number of carbonyl (C=O) groups is 3. The Morgan fingerprint density at radius 1 is 1.12 bits per heavy atom. The normalized spacial score (nSPS) is 24.3. The number of guanidine groups is 1. The van der Waals surface area contributed by atoms with Crippen LogP contribution in [0.1, 0.15) is 60.3 Å². The molecule has 0 aromatic carbocycles. The Kier molecular flexibility index (Phi) is 12.9. The number of carboxylic acids is 2. The molecule has 0 radical (unpaired) electrons. The molecule has 32 heavy (non-hydrogen) atoms. The Morgan fingerprint density at radius 2 is 1.66 bits per heavy atom. The molecule has 0 aromatic rings. The number of aliphatic imine (C=N–C) groups is 1. The zero-order valence-corrected chi connectivity index (χ0v) is 19.7. The van der Waals surface area contributed by atoms with E-state index in [-0.39, 0.29) is 30.2 Å². The van der Waals surface area contributed by atoms with Gasteiger partial charge in [0.1, 0.15) is 6.04 Å². The summed E-state index contributed by atoms with van der Waals surface area (Å²) < 4.78 is 0. The van der Waals surface area contributed by atoms with E-state index in [2.05, 4.69) is 10.3 Å². The lowest BCUT2D eigenvalue weighted by molar-refractivity contribution is -0.145. The largest absolute Gasteiger partial charge is 0.481 e. The van der Waals surface area contributed by atoms with Crippen LogP contribution in [0.5, 0.6) is 0 Å². The number of rotatable bonds is 10. The molecule has 1 fully saturated rings.